The number of rotatable bonds is 10. The zero-order valence-corrected chi connectivity index (χ0v) is 17.7. The van der Waals surface area contributed by atoms with Crippen molar-refractivity contribution in [3.05, 3.63) is 41.5 Å². The molecule has 0 aliphatic heterocycles. The molecule has 2 aromatic rings. The Labute approximate surface area is 168 Å². The molecule has 1 aromatic carbocycles. The van der Waals surface area contributed by atoms with E-state index in [-0.39, 0.29) is 12.0 Å². The minimum absolute atomic E-state index is 0.00981. The molecule has 1 aromatic heterocycles. The van der Waals surface area contributed by atoms with Gasteiger partial charge in [0.1, 0.15) is 11.9 Å². The van der Waals surface area contributed by atoms with Gasteiger partial charge in [0, 0.05) is 25.4 Å². The molecule has 2 N–H and O–H groups in total. The molecule has 1 unspecified atom stereocenters. The lowest BCUT2D eigenvalue weighted by Crippen LogP contribution is -2.38. The highest BCUT2D eigenvalue weighted by Crippen LogP contribution is 2.17. The Bertz CT molecular complexity index is 742. The fraction of sp³-hybridized carbons (Fsp3) is 0.571. The maximum atomic E-state index is 5.99. The Morgan fingerprint density at radius 3 is 2.68 bits per heavy atom. The lowest BCUT2D eigenvalue weighted by atomic mass is 10.2. The first kappa shape index (κ1) is 21.7. The summed E-state index contributed by atoms with van der Waals surface area (Å²) in [5.41, 5.74) is 1.13. The van der Waals surface area contributed by atoms with Gasteiger partial charge in [-0.3, -0.25) is 0 Å². The molecule has 7 nitrogen and oxygen atoms in total. The minimum Gasteiger partial charge on any atom is -0.489 e. The molecular weight excluding hydrogens is 354 g/mol. The Kier molecular flexibility index (Phi) is 8.78. The van der Waals surface area contributed by atoms with E-state index in [1.54, 1.807) is 0 Å². The number of ether oxygens (including phenoxy) is 1. The van der Waals surface area contributed by atoms with E-state index in [4.69, 9.17) is 9.26 Å². The van der Waals surface area contributed by atoms with E-state index in [0.29, 0.717) is 12.4 Å². The van der Waals surface area contributed by atoms with Gasteiger partial charge in [-0.05, 0) is 38.8 Å². The van der Waals surface area contributed by atoms with Crippen LogP contribution in [0.4, 0.5) is 0 Å². The number of nitrogens with one attached hydrogen (secondary N) is 2. The Balaban J connectivity index is 1.77. The molecule has 2 rings (SSSR count). The van der Waals surface area contributed by atoms with E-state index in [1.807, 2.05) is 38.1 Å². The molecule has 1 heterocycles. The molecule has 154 valence electrons. The number of aliphatic imine (C=N–C) groups is 1. The maximum absolute atomic E-state index is 5.99. The van der Waals surface area contributed by atoms with Crippen LogP contribution in [0, 0.1) is 6.92 Å². The van der Waals surface area contributed by atoms with Crippen LogP contribution in [0.25, 0.3) is 0 Å². The van der Waals surface area contributed by atoms with Crippen molar-refractivity contribution in [2.45, 2.75) is 59.5 Å². The van der Waals surface area contributed by atoms with Gasteiger partial charge in [0.2, 0.25) is 5.89 Å². The number of guanidine groups is 1. The van der Waals surface area contributed by atoms with Crippen molar-refractivity contribution in [2.75, 3.05) is 19.6 Å². The number of hydrogen-bond acceptors (Lipinski definition) is 5. The zero-order chi connectivity index (χ0) is 20.4. The average Bonchev–Trinajstić information content (AvgIpc) is 3.14. The summed E-state index contributed by atoms with van der Waals surface area (Å²) in [6.07, 6.45) is 1.63. The van der Waals surface area contributed by atoms with Crippen LogP contribution in [0.5, 0.6) is 5.75 Å². The monoisotopic (exact) mass is 387 g/mol. The summed E-state index contributed by atoms with van der Waals surface area (Å²) in [6, 6.07) is 8.03. The lowest BCUT2D eigenvalue weighted by molar-refractivity contribution is 0.228. The lowest BCUT2D eigenvalue weighted by Gasteiger charge is -2.16. The van der Waals surface area contributed by atoms with Crippen LogP contribution in [0.3, 0.4) is 0 Å². The van der Waals surface area contributed by atoms with Gasteiger partial charge in [0.15, 0.2) is 11.8 Å². The standard InChI is InChI=1S/C21H33N5O2/c1-6-22-21(23-13-9-12-19-25-20(15(2)3)26-28-19)24-14-17(5)27-18-11-8-7-10-16(18)4/h7-8,10-11,15,17H,6,9,12-14H2,1-5H3,(H2,22,23,24). The second-order valence-electron chi connectivity index (χ2n) is 7.14. The van der Waals surface area contributed by atoms with Gasteiger partial charge in [-0.2, -0.15) is 4.98 Å². The molecule has 0 aliphatic carbocycles. The Hall–Kier alpha value is -2.57. The first-order valence-electron chi connectivity index (χ1n) is 10.1. The van der Waals surface area contributed by atoms with Gasteiger partial charge in [-0.15, -0.1) is 0 Å². The van der Waals surface area contributed by atoms with Crippen LogP contribution in [0.15, 0.2) is 33.8 Å². The number of benzene rings is 1. The van der Waals surface area contributed by atoms with Crippen molar-refractivity contribution in [2.24, 2.45) is 4.99 Å². The highest BCUT2D eigenvalue weighted by molar-refractivity contribution is 5.79. The molecular formula is C21H33N5O2. The van der Waals surface area contributed by atoms with Gasteiger partial charge in [0.25, 0.3) is 0 Å². The van der Waals surface area contributed by atoms with E-state index < -0.39 is 0 Å². The van der Waals surface area contributed by atoms with Gasteiger partial charge in [-0.1, -0.05) is 37.2 Å². The molecule has 0 saturated heterocycles. The van der Waals surface area contributed by atoms with Gasteiger partial charge < -0.3 is 19.9 Å². The van der Waals surface area contributed by atoms with Gasteiger partial charge in [0.05, 0.1) is 6.54 Å². The van der Waals surface area contributed by atoms with Crippen molar-refractivity contribution < 1.29 is 9.26 Å². The molecule has 7 heteroatoms. The summed E-state index contributed by atoms with van der Waals surface area (Å²) < 4.78 is 11.3. The fourth-order valence-corrected chi connectivity index (χ4v) is 2.55. The van der Waals surface area contributed by atoms with Crippen LogP contribution in [0.1, 0.15) is 57.3 Å². The van der Waals surface area contributed by atoms with Crippen LogP contribution in [-0.4, -0.2) is 41.8 Å². The quantitative estimate of drug-likeness (QED) is 0.369. The highest BCUT2D eigenvalue weighted by Gasteiger charge is 2.09. The van der Waals surface area contributed by atoms with Gasteiger partial charge in [-0.25, -0.2) is 4.99 Å². The maximum Gasteiger partial charge on any atom is 0.226 e. The smallest absolute Gasteiger partial charge is 0.226 e. The van der Waals surface area contributed by atoms with Crippen molar-refractivity contribution in [1.82, 2.24) is 20.8 Å². The van der Waals surface area contributed by atoms with Crippen molar-refractivity contribution in [1.29, 1.82) is 0 Å². The molecule has 0 amide bonds. The summed E-state index contributed by atoms with van der Waals surface area (Å²) >= 11 is 0. The topological polar surface area (TPSA) is 84.6 Å². The number of aromatic nitrogens is 2. The van der Waals surface area contributed by atoms with Crippen molar-refractivity contribution in [3.8, 4) is 5.75 Å². The van der Waals surface area contributed by atoms with Crippen molar-refractivity contribution >= 4 is 5.96 Å². The molecule has 0 bridgehead atoms. The van der Waals surface area contributed by atoms with Crippen LogP contribution < -0.4 is 15.4 Å². The van der Waals surface area contributed by atoms with E-state index in [2.05, 4.69) is 46.5 Å². The number of aryl methyl sites for hydroxylation is 2. The summed E-state index contributed by atoms with van der Waals surface area (Å²) in [5, 5.41) is 10.6. The summed E-state index contributed by atoms with van der Waals surface area (Å²) in [4.78, 5) is 9.03. The summed E-state index contributed by atoms with van der Waals surface area (Å²) in [7, 11) is 0. The molecule has 0 aliphatic rings. The second kappa shape index (κ2) is 11.3. The Morgan fingerprint density at radius 2 is 2.00 bits per heavy atom. The third kappa shape index (κ3) is 7.21. The number of hydrogen-bond donors (Lipinski definition) is 2. The summed E-state index contributed by atoms with van der Waals surface area (Å²) in [5.74, 6) is 3.43. The van der Waals surface area contributed by atoms with E-state index >= 15 is 0 Å². The van der Waals surface area contributed by atoms with Crippen molar-refractivity contribution in [3.63, 3.8) is 0 Å². The first-order chi connectivity index (χ1) is 13.5. The first-order valence-corrected chi connectivity index (χ1v) is 10.1. The zero-order valence-electron chi connectivity index (χ0n) is 17.7. The molecule has 0 radical (unpaired) electrons. The van der Waals surface area contributed by atoms with Gasteiger partial charge >= 0.3 is 0 Å². The molecule has 0 spiro atoms. The molecule has 0 saturated carbocycles. The number of nitrogens with zero attached hydrogens (tertiary/aromatic N) is 3. The van der Waals surface area contributed by atoms with Crippen LogP contribution in [0.2, 0.25) is 0 Å². The largest absolute Gasteiger partial charge is 0.489 e. The predicted molar refractivity (Wildman–Crippen MR) is 112 cm³/mol. The van der Waals surface area contributed by atoms with Crippen LogP contribution in [-0.2, 0) is 6.42 Å². The molecule has 1 atom stereocenters. The second-order valence-corrected chi connectivity index (χ2v) is 7.14. The third-order valence-corrected chi connectivity index (χ3v) is 4.13. The Morgan fingerprint density at radius 1 is 1.21 bits per heavy atom. The molecule has 28 heavy (non-hydrogen) atoms. The van der Waals surface area contributed by atoms with E-state index in [9.17, 15) is 0 Å². The highest BCUT2D eigenvalue weighted by atomic mass is 16.5. The minimum atomic E-state index is -0.00981. The number of para-hydroxylation sites is 1. The third-order valence-electron chi connectivity index (χ3n) is 4.13. The fourth-order valence-electron chi connectivity index (χ4n) is 2.55. The normalized spacial score (nSPS) is 12.9. The molecule has 0 fully saturated rings. The average molecular weight is 388 g/mol. The summed E-state index contributed by atoms with van der Waals surface area (Å²) in [6.45, 7) is 12.4. The van der Waals surface area contributed by atoms with E-state index in [1.165, 1.54) is 0 Å². The predicted octanol–water partition coefficient (Wildman–Crippen LogP) is 3.46. The SMILES string of the molecule is CCNC(=NCC(C)Oc1ccccc1C)NCCCc1nc(C(C)C)no1. The van der Waals surface area contributed by atoms with E-state index in [0.717, 1.165) is 49.0 Å². The van der Waals surface area contributed by atoms with Crippen LogP contribution >= 0.6 is 0 Å².